The molecule has 0 aliphatic carbocycles. The van der Waals surface area contributed by atoms with Gasteiger partial charge in [-0.05, 0) is 31.6 Å². The van der Waals surface area contributed by atoms with Crippen LogP contribution in [0, 0.1) is 22.7 Å². The number of carbonyl (C=O) groups is 2. The Morgan fingerprint density at radius 2 is 1.75 bits per heavy atom. The van der Waals surface area contributed by atoms with Gasteiger partial charge in [0.25, 0.3) is 0 Å². The van der Waals surface area contributed by atoms with Gasteiger partial charge in [0.1, 0.15) is 5.71 Å². The lowest BCUT2D eigenvalue weighted by atomic mass is 9.54. The van der Waals surface area contributed by atoms with Gasteiger partial charge in [0.2, 0.25) is 0 Å². The van der Waals surface area contributed by atoms with Crippen LogP contribution in [0.5, 0.6) is 0 Å². The molecule has 0 saturated carbocycles. The van der Waals surface area contributed by atoms with Crippen molar-refractivity contribution in [3.05, 3.63) is 0 Å². The van der Waals surface area contributed by atoms with E-state index in [-0.39, 0.29) is 18.8 Å². The highest BCUT2D eigenvalue weighted by Gasteiger charge is 2.62. The molecule has 0 aromatic rings. The normalized spacial score (nSPS) is 34.1. The van der Waals surface area contributed by atoms with E-state index >= 15 is 0 Å². The van der Waals surface area contributed by atoms with E-state index in [1.807, 2.05) is 0 Å². The molecular formula is C16H22F3NO4-2. The van der Waals surface area contributed by atoms with Crippen LogP contribution in [0.25, 0.3) is 0 Å². The van der Waals surface area contributed by atoms with E-state index in [1.165, 1.54) is 13.8 Å². The van der Waals surface area contributed by atoms with Gasteiger partial charge in [-0.15, -0.1) is 0 Å². The van der Waals surface area contributed by atoms with Crippen molar-refractivity contribution in [1.82, 2.24) is 0 Å². The van der Waals surface area contributed by atoms with Crippen LogP contribution in [0.15, 0.2) is 4.99 Å². The van der Waals surface area contributed by atoms with Gasteiger partial charge in [-0.3, -0.25) is 4.99 Å². The summed E-state index contributed by atoms with van der Waals surface area (Å²) in [4.78, 5) is 27.1. The van der Waals surface area contributed by atoms with Crippen LogP contribution in [0.3, 0.4) is 0 Å². The second-order valence-corrected chi connectivity index (χ2v) is 7.01. The fraction of sp³-hybridized carbons (Fsp3) is 0.812. The molecule has 0 N–H and O–H groups in total. The van der Waals surface area contributed by atoms with Crippen molar-refractivity contribution < 1.29 is 33.0 Å². The maximum Gasteiger partial charge on any atom is 0.429 e. The molecular weight excluding hydrogens is 327 g/mol. The van der Waals surface area contributed by atoms with Gasteiger partial charge >= 0.3 is 6.18 Å². The van der Waals surface area contributed by atoms with Crippen LogP contribution in [0.1, 0.15) is 47.5 Å². The molecule has 0 amide bonds. The van der Waals surface area contributed by atoms with Crippen molar-refractivity contribution in [2.45, 2.75) is 59.7 Å². The Hall–Kier alpha value is -1.60. The predicted molar refractivity (Wildman–Crippen MR) is 76.7 cm³/mol. The molecule has 1 heterocycles. The number of halogens is 3. The minimum atomic E-state index is -5.00. The van der Waals surface area contributed by atoms with Crippen molar-refractivity contribution in [2.75, 3.05) is 0 Å². The maximum absolute atomic E-state index is 13.5. The van der Waals surface area contributed by atoms with Gasteiger partial charge in [-0.1, -0.05) is 27.7 Å². The lowest BCUT2D eigenvalue weighted by Gasteiger charge is -2.55. The summed E-state index contributed by atoms with van der Waals surface area (Å²) < 4.78 is 40.4. The first-order valence-electron chi connectivity index (χ1n) is 7.84. The molecule has 24 heavy (non-hydrogen) atoms. The summed E-state index contributed by atoms with van der Waals surface area (Å²) in [6, 6.07) is -1.22. The average molecular weight is 349 g/mol. The highest BCUT2D eigenvalue weighted by atomic mass is 19.4. The van der Waals surface area contributed by atoms with Crippen LogP contribution < -0.4 is 10.2 Å². The van der Waals surface area contributed by atoms with Crippen molar-refractivity contribution in [3.63, 3.8) is 0 Å². The molecule has 138 valence electrons. The van der Waals surface area contributed by atoms with Crippen molar-refractivity contribution in [1.29, 1.82) is 0 Å². The van der Waals surface area contributed by atoms with E-state index < -0.39 is 46.6 Å². The quantitative estimate of drug-likeness (QED) is 0.739. The number of carboxylic acids is 2. The zero-order chi connectivity index (χ0) is 19.1. The number of aliphatic carboxylic acids is 2. The summed E-state index contributed by atoms with van der Waals surface area (Å²) in [5.41, 5.74) is -5.87. The highest BCUT2D eigenvalue weighted by Crippen LogP contribution is 2.54. The van der Waals surface area contributed by atoms with Gasteiger partial charge < -0.3 is 19.8 Å². The topological polar surface area (TPSA) is 92.6 Å². The van der Waals surface area contributed by atoms with Crippen LogP contribution in [0.4, 0.5) is 13.2 Å². The summed E-state index contributed by atoms with van der Waals surface area (Å²) in [7, 11) is 0. The third kappa shape index (κ3) is 2.91. The minimum absolute atomic E-state index is 0.0782. The Kier molecular flexibility index (Phi) is 5.42. The van der Waals surface area contributed by atoms with E-state index in [0.717, 1.165) is 6.92 Å². The highest BCUT2D eigenvalue weighted by molar-refractivity contribution is 6.09. The second kappa shape index (κ2) is 6.37. The molecule has 4 atom stereocenters. The van der Waals surface area contributed by atoms with Gasteiger partial charge in [0.15, 0.2) is 0 Å². The Bertz CT molecular complexity index is 558. The number of nitrogens with zero attached hydrogens (tertiary/aromatic N) is 1. The van der Waals surface area contributed by atoms with E-state index in [0.29, 0.717) is 0 Å². The molecule has 0 saturated heterocycles. The Morgan fingerprint density at radius 1 is 1.25 bits per heavy atom. The van der Waals surface area contributed by atoms with Crippen molar-refractivity contribution in [3.8, 4) is 0 Å². The summed E-state index contributed by atoms with van der Waals surface area (Å²) in [6.07, 6.45) is -5.01. The SMILES string of the molecule is CCC1(C(=O)[O-])C(CC(C)C)N=C(C(F)(F)F)C(C)(C(=O)[O-])C1C. The largest absolute Gasteiger partial charge is 0.549 e. The maximum atomic E-state index is 13.5. The third-order valence-electron chi connectivity index (χ3n) is 5.36. The van der Waals surface area contributed by atoms with E-state index in [9.17, 15) is 33.0 Å². The zero-order valence-electron chi connectivity index (χ0n) is 14.4. The number of hydrogen-bond acceptors (Lipinski definition) is 5. The summed E-state index contributed by atoms with van der Waals surface area (Å²) >= 11 is 0. The van der Waals surface area contributed by atoms with Gasteiger partial charge in [0, 0.05) is 5.41 Å². The number of rotatable bonds is 5. The van der Waals surface area contributed by atoms with Crippen molar-refractivity contribution >= 4 is 17.7 Å². The predicted octanol–water partition coefficient (Wildman–Crippen LogP) is 0.957. The number of carbonyl (C=O) groups excluding carboxylic acids is 2. The van der Waals surface area contributed by atoms with Gasteiger partial charge in [-0.2, -0.15) is 13.2 Å². The lowest BCUT2D eigenvalue weighted by Crippen LogP contribution is -2.67. The number of carboxylic acid groups (broad SMARTS) is 2. The van der Waals surface area contributed by atoms with E-state index in [4.69, 9.17) is 0 Å². The number of aliphatic imine (C=N–C) groups is 1. The molecule has 0 bridgehead atoms. The molecule has 0 aromatic heterocycles. The molecule has 0 fully saturated rings. The minimum Gasteiger partial charge on any atom is -0.549 e. The first-order chi connectivity index (χ1) is 10.8. The molecule has 8 heteroatoms. The number of hydrogen-bond donors (Lipinski definition) is 0. The monoisotopic (exact) mass is 349 g/mol. The van der Waals surface area contributed by atoms with E-state index in [1.54, 1.807) is 13.8 Å². The number of alkyl halides is 3. The molecule has 0 spiro atoms. The zero-order valence-corrected chi connectivity index (χ0v) is 14.4. The summed E-state index contributed by atoms with van der Waals surface area (Å²) in [6.45, 7) is 6.98. The first kappa shape index (κ1) is 20.4. The van der Waals surface area contributed by atoms with Crippen LogP contribution in [-0.2, 0) is 9.59 Å². The molecule has 0 aromatic carbocycles. The Balaban J connectivity index is 3.79. The van der Waals surface area contributed by atoms with Crippen LogP contribution in [0.2, 0.25) is 0 Å². The summed E-state index contributed by atoms with van der Waals surface area (Å²) in [5, 5.41) is 23.5. The fourth-order valence-electron chi connectivity index (χ4n) is 3.76. The van der Waals surface area contributed by atoms with Gasteiger partial charge in [-0.25, -0.2) is 0 Å². The molecule has 0 radical (unpaired) electrons. The third-order valence-corrected chi connectivity index (χ3v) is 5.36. The molecule has 1 rings (SSSR count). The summed E-state index contributed by atoms with van der Waals surface area (Å²) in [5.74, 6) is -5.10. The van der Waals surface area contributed by atoms with E-state index in [2.05, 4.69) is 4.99 Å². The van der Waals surface area contributed by atoms with Crippen LogP contribution in [-0.4, -0.2) is 29.9 Å². The van der Waals surface area contributed by atoms with Crippen molar-refractivity contribution in [2.24, 2.45) is 27.7 Å². The molecule has 1 aliphatic heterocycles. The smallest absolute Gasteiger partial charge is 0.429 e. The second-order valence-electron chi connectivity index (χ2n) is 7.01. The first-order valence-corrected chi connectivity index (χ1v) is 7.84. The molecule has 4 unspecified atom stereocenters. The fourth-order valence-corrected chi connectivity index (χ4v) is 3.76. The van der Waals surface area contributed by atoms with Crippen LogP contribution >= 0.6 is 0 Å². The Morgan fingerprint density at radius 3 is 2.04 bits per heavy atom. The molecule has 5 nitrogen and oxygen atoms in total. The average Bonchev–Trinajstić information content (AvgIpc) is 2.41. The van der Waals surface area contributed by atoms with Gasteiger partial charge in [0.05, 0.1) is 23.4 Å². The Labute approximate surface area is 139 Å². The lowest BCUT2D eigenvalue weighted by molar-refractivity contribution is -0.332. The standard InChI is InChI=1S/C16H24F3NO4/c1-6-15(13(23)24)9(4)14(5,12(21)22)11(16(17,18)19)20-10(15)7-8(2)3/h8-10H,6-7H2,1-5H3,(H,21,22)(H,23,24)/p-2. The molecule has 1 aliphatic rings.